The van der Waals surface area contributed by atoms with E-state index in [4.69, 9.17) is 10.5 Å². The first-order valence-electron chi connectivity index (χ1n) is 6.73. The molecule has 2 atom stereocenters. The van der Waals surface area contributed by atoms with E-state index in [-0.39, 0.29) is 17.8 Å². The second-order valence-electron chi connectivity index (χ2n) is 4.96. The van der Waals surface area contributed by atoms with E-state index in [2.05, 4.69) is 5.32 Å². The number of hydrogen-bond acceptors (Lipinski definition) is 4. The van der Waals surface area contributed by atoms with E-state index in [0.717, 1.165) is 45.1 Å². The van der Waals surface area contributed by atoms with Gasteiger partial charge in [0.25, 0.3) is 0 Å². The lowest BCUT2D eigenvalue weighted by Crippen LogP contribution is -2.37. The fourth-order valence-electron chi connectivity index (χ4n) is 2.49. The molecular weight excluding hydrogens is 232 g/mol. The third-order valence-electron chi connectivity index (χ3n) is 3.49. The van der Waals surface area contributed by atoms with Crippen molar-refractivity contribution in [2.45, 2.75) is 51.0 Å². The van der Waals surface area contributed by atoms with E-state index < -0.39 is 0 Å². The van der Waals surface area contributed by atoms with Crippen LogP contribution < -0.4 is 11.1 Å². The molecule has 0 aromatic heterocycles. The molecule has 2 unspecified atom stereocenters. The Balaban J connectivity index is 2.14. The van der Waals surface area contributed by atoms with Gasteiger partial charge in [0.1, 0.15) is 0 Å². The Morgan fingerprint density at radius 1 is 1.33 bits per heavy atom. The van der Waals surface area contributed by atoms with Gasteiger partial charge >= 0.3 is 5.97 Å². The van der Waals surface area contributed by atoms with Gasteiger partial charge in [-0.15, -0.1) is 0 Å². The van der Waals surface area contributed by atoms with Gasteiger partial charge in [0.2, 0.25) is 5.91 Å². The molecule has 0 bridgehead atoms. The number of methoxy groups -OCH3 is 1. The van der Waals surface area contributed by atoms with Crippen LogP contribution in [0.3, 0.4) is 0 Å². The number of nitrogens with one attached hydrogen (secondary N) is 1. The number of nitrogens with two attached hydrogens (primary N) is 1. The van der Waals surface area contributed by atoms with Gasteiger partial charge in [0.15, 0.2) is 0 Å². The predicted octanol–water partition coefficient (Wildman–Crippen LogP) is 0.963. The number of amides is 1. The first-order chi connectivity index (χ1) is 8.63. The maximum Gasteiger partial charge on any atom is 0.308 e. The molecule has 5 heteroatoms. The van der Waals surface area contributed by atoms with Crippen LogP contribution in [0.15, 0.2) is 0 Å². The third-order valence-corrected chi connectivity index (χ3v) is 3.49. The third kappa shape index (κ3) is 5.49. The van der Waals surface area contributed by atoms with Crippen LogP contribution in [0.2, 0.25) is 0 Å². The minimum absolute atomic E-state index is 0.0480. The van der Waals surface area contributed by atoms with Crippen molar-refractivity contribution in [3.63, 3.8) is 0 Å². The standard InChI is InChI=1S/C13H24N2O3/c1-18-13(17)10-5-4-6-11(9-10)15-8-3-2-7-12(14)16/h10-11,15H,2-9H2,1H3,(H2,14,16). The molecule has 1 saturated carbocycles. The zero-order valence-corrected chi connectivity index (χ0v) is 11.1. The summed E-state index contributed by atoms with van der Waals surface area (Å²) in [6.45, 7) is 0.881. The summed E-state index contributed by atoms with van der Waals surface area (Å²) in [5.74, 6) is -0.277. The van der Waals surface area contributed by atoms with Crippen molar-refractivity contribution in [2.24, 2.45) is 11.7 Å². The highest BCUT2D eigenvalue weighted by Crippen LogP contribution is 2.25. The second kappa shape index (κ2) is 8.08. The van der Waals surface area contributed by atoms with Crippen LogP contribution >= 0.6 is 0 Å². The molecule has 0 radical (unpaired) electrons. The molecule has 0 heterocycles. The molecule has 1 fully saturated rings. The summed E-state index contributed by atoms with van der Waals surface area (Å²) in [5.41, 5.74) is 5.07. The molecule has 1 aliphatic rings. The van der Waals surface area contributed by atoms with Crippen molar-refractivity contribution in [3.05, 3.63) is 0 Å². The summed E-state index contributed by atoms with van der Waals surface area (Å²) < 4.78 is 4.79. The number of ether oxygens (including phenoxy) is 1. The molecule has 0 aliphatic heterocycles. The monoisotopic (exact) mass is 256 g/mol. The molecular formula is C13H24N2O3. The van der Waals surface area contributed by atoms with E-state index in [1.165, 1.54) is 7.11 Å². The average Bonchev–Trinajstić information content (AvgIpc) is 2.37. The minimum Gasteiger partial charge on any atom is -0.469 e. The molecule has 104 valence electrons. The fourth-order valence-corrected chi connectivity index (χ4v) is 2.49. The lowest BCUT2D eigenvalue weighted by Gasteiger charge is -2.28. The largest absolute Gasteiger partial charge is 0.469 e. The number of carbonyl (C=O) groups excluding carboxylic acids is 2. The van der Waals surface area contributed by atoms with Crippen molar-refractivity contribution in [1.82, 2.24) is 5.32 Å². The number of hydrogen-bond donors (Lipinski definition) is 2. The second-order valence-corrected chi connectivity index (χ2v) is 4.96. The summed E-state index contributed by atoms with van der Waals surface area (Å²) in [5, 5.41) is 3.44. The van der Waals surface area contributed by atoms with Crippen molar-refractivity contribution in [1.29, 1.82) is 0 Å². The van der Waals surface area contributed by atoms with Crippen LogP contribution in [-0.4, -0.2) is 31.6 Å². The van der Waals surface area contributed by atoms with Gasteiger partial charge in [-0.25, -0.2) is 0 Å². The number of rotatable bonds is 7. The van der Waals surface area contributed by atoms with Gasteiger partial charge in [0.05, 0.1) is 13.0 Å². The Morgan fingerprint density at radius 2 is 2.11 bits per heavy atom. The van der Waals surface area contributed by atoms with E-state index >= 15 is 0 Å². The van der Waals surface area contributed by atoms with E-state index in [0.29, 0.717) is 12.5 Å². The highest BCUT2D eigenvalue weighted by atomic mass is 16.5. The molecule has 3 N–H and O–H groups in total. The van der Waals surface area contributed by atoms with Gasteiger partial charge in [-0.1, -0.05) is 6.42 Å². The summed E-state index contributed by atoms with van der Waals surface area (Å²) in [6, 6.07) is 0.399. The van der Waals surface area contributed by atoms with Gasteiger partial charge in [-0.3, -0.25) is 9.59 Å². The molecule has 0 aromatic rings. The van der Waals surface area contributed by atoms with Gasteiger partial charge < -0.3 is 15.8 Å². The lowest BCUT2D eigenvalue weighted by atomic mass is 9.85. The van der Waals surface area contributed by atoms with Crippen LogP contribution in [0, 0.1) is 5.92 Å². The van der Waals surface area contributed by atoms with E-state index in [9.17, 15) is 9.59 Å². The van der Waals surface area contributed by atoms with Crippen LogP contribution in [0.1, 0.15) is 44.9 Å². The highest BCUT2D eigenvalue weighted by molar-refractivity contribution is 5.73. The Hall–Kier alpha value is -1.10. The zero-order chi connectivity index (χ0) is 13.4. The summed E-state index contributed by atoms with van der Waals surface area (Å²) in [6.07, 6.45) is 6.21. The number of unbranched alkanes of at least 4 members (excludes halogenated alkanes) is 1. The maximum atomic E-state index is 11.5. The fraction of sp³-hybridized carbons (Fsp3) is 0.846. The first-order valence-corrected chi connectivity index (χ1v) is 6.73. The minimum atomic E-state index is -0.238. The Labute approximate surface area is 108 Å². The molecule has 1 aliphatic carbocycles. The van der Waals surface area contributed by atoms with Crippen molar-refractivity contribution in [3.8, 4) is 0 Å². The predicted molar refractivity (Wildman–Crippen MR) is 68.8 cm³/mol. The maximum absolute atomic E-state index is 11.5. The molecule has 1 amide bonds. The normalized spacial score (nSPS) is 23.6. The van der Waals surface area contributed by atoms with E-state index in [1.54, 1.807) is 0 Å². The summed E-state index contributed by atoms with van der Waals surface area (Å²) in [4.78, 5) is 22.0. The Kier molecular flexibility index (Phi) is 6.72. The van der Waals surface area contributed by atoms with Crippen LogP contribution in [-0.2, 0) is 14.3 Å². The smallest absolute Gasteiger partial charge is 0.308 e. The number of primary amides is 1. The van der Waals surface area contributed by atoms with Gasteiger partial charge in [-0.2, -0.15) is 0 Å². The first kappa shape index (κ1) is 15.0. The lowest BCUT2D eigenvalue weighted by molar-refractivity contribution is -0.146. The van der Waals surface area contributed by atoms with Crippen LogP contribution in [0.25, 0.3) is 0 Å². The molecule has 0 saturated heterocycles. The van der Waals surface area contributed by atoms with Crippen LogP contribution in [0.5, 0.6) is 0 Å². The summed E-state index contributed by atoms with van der Waals surface area (Å²) >= 11 is 0. The zero-order valence-electron chi connectivity index (χ0n) is 11.1. The molecule has 0 aromatic carbocycles. The number of carbonyl (C=O) groups is 2. The topological polar surface area (TPSA) is 81.4 Å². The Morgan fingerprint density at radius 3 is 2.78 bits per heavy atom. The summed E-state index contributed by atoms with van der Waals surface area (Å²) in [7, 11) is 1.45. The van der Waals surface area contributed by atoms with Crippen LogP contribution in [0.4, 0.5) is 0 Å². The van der Waals surface area contributed by atoms with Crippen molar-refractivity contribution >= 4 is 11.9 Å². The number of esters is 1. The molecule has 0 spiro atoms. The average molecular weight is 256 g/mol. The van der Waals surface area contributed by atoms with Crippen molar-refractivity contribution < 1.29 is 14.3 Å². The quantitative estimate of drug-likeness (QED) is 0.525. The van der Waals surface area contributed by atoms with Gasteiger partial charge in [-0.05, 0) is 38.6 Å². The molecule has 18 heavy (non-hydrogen) atoms. The van der Waals surface area contributed by atoms with Crippen molar-refractivity contribution in [2.75, 3.05) is 13.7 Å². The van der Waals surface area contributed by atoms with E-state index in [1.807, 2.05) is 0 Å². The molecule has 1 rings (SSSR count). The Bertz CT molecular complexity index is 281. The SMILES string of the molecule is COC(=O)C1CCCC(NCCCCC(N)=O)C1. The molecule has 5 nitrogen and oxygen atoms in total. The highest BCUT2D eigenvalue weighted by Gasteiger charge is 2.27. The van der Waals surface area contributed by atoms with Gasteiger partial charge in [0, 0.05) is 12.5 Å².